The molecule has 2 aromatic rings. The summed E-state index contributed by atoms with van der Waals surface area (Å²) >= 11 is 0. The van der Waals surface area contributed by atoms with Crippen LogP contribution < -0.4 is 18.9 Å². The van der Waals surface area contributed by atoms with Crippen molar-refractivity contribution in [3.63, 3.8) is 0 Å². The van der Waals surface area contributed by atoms with E-state index in [0.29, 0.717) is 36.1 Å². The molecule has 1 aliphatic rings. The molecule has 0 saturated carbocycles. The molecule has 0 fully saturated rings. The van der Waals surface area contributed by atoms with Gasteiger partial charge in [0.2, 0.25) is 0 Å². The van der Waals surface area contributed by atoms with Gasteiger partial charge in [0.05, 0.1) is 17.7 Å². The van der Waals surface area contributed by atoms with Crippen LogP contribution in [0.15, 0.2) is 47.4 Å². The average Bonchev–Trinajstić information content (AvgIpc) is 2.54. The van der Waals surface area contributed by atoms with Gasteiger partial charge in [-0.05, 0) is 36.4 Å². The molecule has 1 N–H and O–H groups in total. The average molecular weight is 321 g/mol. The summed E-state index contributed by atoms with van der Waals surface area (Å²) in [6.45, 7) is 0.936. The van der Waals surface area contributed by atoms with Gasteiger partial charge in [0.15, 0.2) is 11.5 Å². The Kier molecular flexibility index (Phi) is 3.81. The number of methoxy groups -OCH3 is 1. The van der Waals surface area contributed by atoms with Crippen LogP contribution in [0.4, 0.5) is 5.69 Å². The highest BCUT2D eigenvalue weighted by Gasteiger charge is 2.17. The van der Waals surface area contributed by atoms with E-state index in [-0.39, 0.29) is 4.90 Å². The Morgan fingerprint density at radius 3 is 2.36 bits per heavy atom. The normalized spacial score (nSPS) is 13.5. The van der Waals surface area contributed by atoms with E-state index in [2.05, 4.69) is 4.72 Å². The van der Waals surface area contributed by atoms with E-state index in [9.17, 15) is 8.42 Å². The molecule has 0 atom stereocenters. The van der Waals surface area contributed by atoms with Crippen LogP contribution in [0.5, 0.6) is 17.2 Å². The molecule has 116 valence electrons. The molecule has 0 bridgehead atoms. The molecule has 6 nitrogen and oxygen atoms in total. The maximum atomic E-state index is 12.3. The zero-order valence-electron chi connectivity index (χ0n) is 11.9. The Labute approximate surface area is 128 Å². The van der Waals surface area contributed by atoms with Gasteiger partial charge in [-0.1, -0.05) is 0 Å². The van der Waals surface area contributed by atoms with Gasteiger partial charge in [-0.3, -0.25) is 4.72 Å². The predicted octanol–water partition coefficient (Wildman–Crippen LogP) is 2.27. The number of benzene rings is 2. The first-order chi connectivity index (χ1) is 10.6. The third kappa shape index (κ3) is 2.94. The summed E-state index contributed by atoms with van der Waals surface area (Å²) in [6.07, 6.45) is 0. The minimum Gasteiger partial charge on any atom is -0.497 e. The number of rotatable bonds is 4. The Morgan fingerprint density at radius 1 is 1.00 bits per heavy atom. The highest BCUT2D eigenvalue weighted by Crippen LogP contribution is 2.33. The summed E-state index contributed by atoms with van der Waals surface area (Å²) in [5, 5.41) is 0. The maximum absolute atomic E-state index is 12.3. The number of ether oxygens (including phenoxy) is 3. The molecule has 2 aromatic carbocycles. The van der Waals surface area contributed by atoms with Gasteiger partial charge in [-0.15, -0.1) is 0 Å². The molecule has 0 saturated heterocycles. The molecule has 1 aliphatic heterocycles. The van der Waals surface area contributed by atoms with Crippen molar-refractivity contribution in [2.45, 2.75) is 4.90 Å². The van der Waals surface area contributed by atoms with E-state index in [1.54, 1.807) is 30.3 Å². The molecule has 3 rings (SSSR count). The predicted molar refractivity (Wildman–Crippen MR) is 81.2 cm³/mol. The fourth-order valence-electron chi connectivity index (χ4n) is 2.08. The molecule has 22 heavy (non-hydrogen) atoms. The van der Waals surface area contributed by atoms with E-state index in [4.69, 9.17) is 14.2 Å². The van der Waals surface area contributed by atoms with Crippen LogP contribution in [-0.4, -0.2) is 28.7 Å². The van der Waals surface area contributed by atoms with Crippen LogP contribution in [0.3, 0.4) is 0 Å². The molecular formula is C15H15NO5S. The molecule has 0 unspecified atom stereocenters. The van der Waals surface area contributed by atoms with Gasteiger partial charge < -0.3 is 14.2 Å². The number of sulfonamides is 1. The van der Waals surface area contributed by atoms with Gasteiger partial charge >= 0.3 is 0 Å². The monoisotopic (exact) mass is 321 g/mol. The topological polar surface area (TPSA) is 73.9 Å². The van der Waals surface area contributed by atoms with E-state index in [0.717, 1.165) is 0 Å². The Morgan fingerprint density at radius 2 is 1.68 bits per heavy atom. The smallest absolute Gasteiger partial charge is 0.261 e. The Hall–Kier alpha value is -2.41. The van der Waals surface area contributed by atoms with Crippen LogP contribution in [0.2, 0.25) is 0 Å². The first-order valence-electron chi connectivity index (χ1n) is 6.65. The summed E-state index contributed by atoms with van der Waals surface area (Å²) in [7, 11) is -2.14. The third-order valence-electron chi connectivity index (χ3n) is 3.16. The molecular weight excluding hydrogens is 306 g/mol. The summed E-state index contributed by atoms with van der Waals surface area (Å²) in [6, 6.07) is 11.1. The van der Waals surface area contributed by atoms with Crippen molar-refractivity contribution in [3.8, 4) is 17.2 Å². The van der Waals surface area contributed by atoms with Crippen molar-refractivity contribution in [2.75, 3.05) is 25.0 Å². The van der Waals surface area contributed by atoms with E-state index >= 15 is 0 Å². The Bertz CT molecular complexity index is 771. The zero-order chi connectivity index (χ0) is 15.6. The second kappa shape index (κ2) is 5.76. The largest absolute Gasteiger partial charge is 0.497 e. The SMILES string of the molecule is COc1ccc(S(=O)(=O)Nc2ccc3c(c2)OCCO3)cc1. The van der Waals surface area contributed by atoms with Gasteiger partial charge in [-0.25, -0.2) is 8.42 Å². The summed E-state index contributed by atoms with van der Waals surface area (Å²) in [5.74, 6) is 1.73. The second-order valence-electron chi connectivity index (χ2n) is 4.64. The number of hydrogen-bond acceptors (Lipinski definition) is 5. The van der Waals surface area contributed by atoms with Crippen LogP contribution in [0, 0.1) is 0 Å². The van der Waals surface area contributed by atoms with Crippen molar-refractivity contribution < 1.29 is 22.6 Å². The van der Waals surface area contributed by atoms with Crippen LogP contribution in [-0.2, 0) is 10.0 Å². The number of fused-ring (bicyclic) bond motifs is 1. The summed E-state index contributed by atoms with van der Waals surface area (Å²) < 4.78 is 43.1. The van der Waals surface area contributed by atoms with Crippen LogP contribution in [0.25, 0.3) is 0 Å². The lowest BCUT2D eigenvalue weighted by Crippen LogP contribution is -2.16. The summed E-state index contributed by atoms with van der Waals surface area (Å²) in [4.78, 5) is 0.156. The van der Waals surface area contributed by atoms with Gasteiger partial charge in [0.1, 0.15) is 19.0 Å². The van der Waals surface area contributed by atoms with E-state index in [1.807, 2.05) is 0 Å². The number of nitrogens with one attached hydrogen (secondary N) is 1. The fourth-order valence-corrected chi connectivity index (χ4v) is 3.13. The van der Waals surface area contributed by atoms with Gasteiger partial charge in [-0.2, -0.15) is 0 Å². The molecule has 0 aromatic heterocycles. The van der Waals surface area contributed by atoms with Crippen molar-refractivity contribution >= 4 is 15.7 Å². The molecule has 0 aliphatic carbocycles. The molecule has 0 radical (unpaired) electrons. The van der Waals surface area contributed by atoms with Crippen molar-refractivity contribution in [1.29, 1.82) is 0 Å². The number of anilines is 1. The second-order valence-corrected chi connectivity index (χ2v) is 6.32. The fraction of sp³-hybridized carbons (Fsp3) is 0.200. The minimum atomic E-state index is -3.67. The third-order valence-corrected chi connectivity index (χ3v) is 4.56. The summed E-state index contributed by atoms with van der Waals surface area (Å²) in [5.41, 5.74) is 0.417. The maximum Gasteiger partial charge on any atom is 0.261 e. The molecule has 1 heterocycles. The lowest BCUT2D eigenvalue weighted by atomic mass is 10.3. The van der Waals surface area contributed by atoms with Gasteiger partial charge in [0.25, 0.3) is 10.0 Å². The molecule has 0 spiro atoms. The van der Waals surface area contributed by atoms with Crippen LogP contribution >= 0.6 is 0 Å². The highest BCUT2D eigenvalue weighted by molar-refractivity contribution is 7.92. The van der Waals surface area contributed by atoms with Crippen molar-refractivity contribution in [3.05, 3.63) is 42.5 Å². The molecule has 0 amide bonds. The van der Waals surface area contributed by atoms with E-state index in [1.165, 1.54) is 19.2 Å². The Balaban J connectivity index is 1.84. The van der Waals surface area contributed by atoms with Gasteiger partial charge in [0, 0.05) is 6.07 Å². The van der Waals surface area contributed by atoms with E-state index < -0.39 is 10.0 Å². The van der Waals surface area contributed by atoms with Crippen molar-refractivity contribution in [1.82, 2.24) is 0 Å². The quantitative estimate of drug-likeness (QED) is 0.935. The molecule has 7 heteroatoms. The first-order valence-corrected chi connectivity index (χ1v) is 8.13. The van der Waals surface area contributed by atoms with Crippen LogP contribution in [0.1, 0.15) is 0 Å². The standard InChI is InChI=1S/C15H15NO5S/c1-19-12-3-5-13(6-4-12)22(17,18)16-11-2-7-14-15(10-11)21-9-8-20-14/h2-7,10,16H,8-9H2,1H3. The lowest BCUT2D eigenvalue weighted by Gasteiger charge is -2.19. The number of hydrogen-bond donors (Lipinski definition) is 1. The lowest BCUT2D eigenvalue weighted by molar-refractivity contribution is 0.171. The van der Waals surface area contributed by atoms with Crippen molar-refractivity contribution in [2.24, 2.45) is 0 Å². The minimum absolute atomic E-state index is 0.156. The zero-order valence-corrected chi connectivity index (χ0v) is 12.7. The highest BCUT2D eigenvalue weighted by atomic mass is 32.2. The first kappa shape index (κ1) is 14.5.